The smallest absolute Gasteiger partial charge is 0.268 e. The lowest BCUT2D eigenvalue weighted by Crippen LogP contribution is -1.94. The van der Waals surface area contributed by atoms with Crippen LogP contribution in [0.2, 0.25) is 0 Å². The minimum atomic E-state index is 0.512. The van der Waals surface area contributed by atoms with Gasteiger partial charge in [0.25, 0.3) is 5.89 Å². The van der Waals surface area contributed by atoms with Crippen molar-refractivity contribution in [1.82, 2.24) is 20.0 Å². The molecule has 5 nitrogen and oxygen atoms in total. The van der Waals surface area contributed by atoms with Gasteiger partial charge in [0.2, 0.25) is 5.89 Å². The summed E-state index contributed by atoms with van der Waals surface area (Å²) in [6.45, 7) is 0.986. The van der Waals surface area contributed by atoms with Gasteiger partial charge in [0.15, 0.2) is 0 Å². The van der Waals surface area contributed by atoms with E-state index in [1.54, 1.807) is 0 Å². The molecule has 20 heavy (non-hydrogen) atoms. The van der Waals surface area contributed by atoms with Crippen LogP contribution < -0.4 is 0 Å². The highest BCUT2D eigenvalue weighted by molar-refractivity contribution is 5.47. The first kappa shape index (κ1) is 11.4. The molecule has 5 heteroatoms. The van der Waals surface area contributed by atoms with E-state index in [-0.39, 0.29) is 0 Å². The van der Waals surface area contributed by atoms with Crippen LogP contribution in [0.1, 0.15) is 23.6 Å². The number of hydrogen-bond donors (Lipinski definition) is 0. The van der Waals surface area contributed by atoms with E-state index in [2.05, 4.69) is 27.4 Å². The Bertz CT molecular complexity index is 708. The van der Waals surface area contributed by atoms with Crippen LogP contribution in [-0.4, -0.2) is 20.0 Å². The lowest BCUT2D eigenvalue weighted by atomic mass is 10.2. The first-order valence-corrected chi connectivity index (χ1v) is 6.82. The van der Waals surface area contributed by atoms with Crippen LogP contribution in [-0.2, 0) is 19.4 Å². The topological polar surface area (TPSA) is 56.7 Å². The van der Waals surface area contributed by atoms with Crippen LogP contribution >= 0.6 is 0 Å². The quantitative estimate of drug-likeness (QED) is 0.730. The fourth-order valence-corrected chi connectivity index (χ4v) is 2.56. The first-order chi connectivity index (χ1) is 9.88. The van der Waals surface area contributed by atoms with Crippen molar-refractivity contribution in [3.8, 4) is 11.6 Å². The predicted molar refractivity (Wildman–Crippen MR) is 73.1 cm³/mol. The Morgan fingerprint density at radius 2 is 2.05 bits per heavy atom. The molecule has 1 aliphatic heterocycles. The second kappa shape index (κ2) is 4.59. The van der Waals surface area contributed by atoms with Crippen molar-refractivity contribution < 1.29 is 4.42 Å². The van der Waals surface area contributed by atoms with E-state index in [4.69, 9.17) is 4.42 Å². The number of nitrogens with zero attached hydrogens (tertiary/aromatic N) is 4. The molecule has 0 saturated heterocycles. The van der Waals surface area contributed by atoms with Crippen molar-refractivity contribution in [2.75, 3.05) is 0 Å². The van der Waals surface area contributed by atoms with Crippen LogP contribution in [0.15, 0.2) is 40.8 Å². The average Bonchev–Trinajstić information content (AvgIpc) is 3.13. The Labute approximate surface area is 116 Å². The summed E-state index contributed by atoms with van der Waals surface area (Å²) in [6.07, 6.45) is 2.91. The summed E-state index contributed by atoms with van der Waals surface area (Å²) in [5.41, 5.74) is 3.20. The van der Waals surface area contributed by atoms with E-state index < -0.39 is 0 Å². The summed E-state index contributed by atoms with van der Waals surface area (Å²) in [7, 11) is 0. The summed E-state index contributed by atoms with van der Waals surface area (Å²) in [5, 5.41) is 12.7. The van der Waals surface area contributed by atoms with E-state index in [1.165, 1.54) is 12.1 Å². The molecular formula is C15H14N4O. The van der Waals surface area contributed by atoms with Crippen molar-refractivity contribution >= 4 is 0 Å². The second-order valence-corrected chi connectivity index (χ2v) is 5.01. The number of fused-ring (bicyclic) bond motifs is 1. The summed E-state index contributed by atoms with van der Waals surface area (Å²) < 4.78 is 7.74. The average molecular weight is 266 g/mol. The molecule has 0 N–H and O–H groups in total. The Morgan fingerprint density at radius 3 is 2.90 bits per heavy atom. The van der Waals surface area contributed by atoms with Gasteiger partial charge < -0.3 is 4.42 Å². The highest BCUT2D eigenvalue weighted by Gasteiger charge is 2.18. The number of aryl methyl sites for hydroxylation is 2. The van der Waals surface area contributed by atoms with Crippen LogP contribution in [0.25, 0.3) is 11.6 Å². The maximum absolute atomic E-state index is 5.71. The third-order valence-corrected chi connectivity index (χ3v) is 3.55. The molecule has 0 atom stereocenters. The molecule has 1 aliphatic rings. The van der Waals surface area contributed by atoms with E-state index in [1.807, 2.05) is 28.9 Å². The van der Waals surface area contributed by atoms with Gasteiger partial charge in [-0.1, -0.05) is 30.3 Å². The van der Waals surface area contributed by atoms with Gasteiger partial charge >= 0.3 is 0 Å². The molecule has 3 aromatic rings. The standard InChI is InChI=1S/C15H14N4O/c1-2-5-11(6-3-1)9-14-16-17-15(20-14)13-10-12-7-4-8-19(12)18-13/h1-3,5-6,10H,4,7-9H2. The Kier molecular flexibility index (Phi) is 2.62. The monoisotopic (exact) mass is 266 g/mol. The Hall–Kier alpha value is -2.43. The summed E-state index contributed by atoms with van der Waals surface area (Å²) in [5.74, 6) is 1.14. The van der Waals surface area contributed by atoms with E-state index >= 15 is 0 Å². The SMILES string of the molecule is c1ccc(Cc2nnc(-c3cc4n(n3)CCC4)o2)cc1. The molecule has 0 unspecified atom stereocenters. The highest BCUT2D eigenvalue weighted by Crippen LogP contribution is 2.22. The largest absolute Gasteiger partial charge is 0.419 e. The molecule has 0 amide bonds. The molecule has 0 spiro atoms. The van der Waals surface area contributed by atoms with Crippen molar-refractivity contribution in [3.05, 3.63) is 53.5 Å². The normalized spacial score (nSPS) is 13.6. The summed E-state index contributed by atoms with van der Waals surface area (Å²) >= 11 is 0. The summed E-state index contributed by atoms with van der Waals surface area (Å²) in [6, 6.07) is 12.2. The van der Waals surface area contributed by atoms with E-state index in [0.717, 1.165) is 24.2 Å². The van der Waals surface area contributed by atoms with Gasteiger partial charge in [-0.25, -0.2) is 0 Å². The molecule has 0 saturated carbocycles. The molecule has 0 bridgehead atoms. The van der Waals surface area contributed by atoms with Gasteiger partial charge in [0.05, 0.1) is 6.42 Å². The minimum Gasteiger partial charge on any atom is -0.419 e. The van der Waals surface area contributed by atoms with Crippen molar-refractivity contribution in [3.63, 3.8) is 0 Å². The van der Waals surface area contributed by atoms with Crippen LogP contribution in [0.3, 0.4) is 0 Å². The molecule has 1 aromatic carbocycles. The molecule has 0 fully saturated rings. The van der Waals surface area contributed by atoms with E-state index in [9.17, 15) is 0 Å². The fraction of sp³-hybridized carbons (Fsp3) is 0.267. The first-order valence-electron chi connectivity index (χ1n) is 6.82. The Balaban J connectivity index is 1.58. The zero-order valence-corrected chi connectivity index (χ0v) is 11.0. The van der Waals surface area contributed by atoms with E-state index in [0.29, 0.717) is 18.2 Å². The van der Waals surface area contributed by atoms with Gasteiger partial charge in [0.1, 0.15) is 5.69 Å². The van der Waals surface area contributed by atoms with Crippen molar-refractivity contribution in [2.45, 2.75) is 25.8 Å². The highest BCUT2D eigenvalue weighted by atomic mass is 16.4. The zero-order chi connectivity index (χ0) is 13.4. The molecule has 3 heterocycles. The molecule has 0 radical (unpaired) electrons. The van der Waals surface area contributed by atoms with Crippen LogP contribution in [0.4, 0.5) is 0 Å². The van der Waals surface area contributed by atoms with Crippen LogP contribution in [0, 0.1) is 0 Å². The molecule has 2 aromatic heterocycles. The molecular weight excluding hydrogens is 252 g/mol. The lowest BCUT2D eigenvalue weighted by molar-refractivity contribution is 0.514. The molecule has 100 valence electrons. The van der Waals surface area contributed by atoms with Crippen molar-refractivity contribution in [1.29, 1.82) is 0 Å². The van der Waals surface area contributed by atoms with Gasteiger partial charge in [-0.3, -0.25) is 4.68 Å². The molecule has 0 aliphatic carbocycles. The maximum Gasteiger partial charge on any atom is 0.268 e. The fourth-order valence-electron chi connectivity index (χ4n) is 2.56. The Morgan fingerprint density at radius 1 is 1.15 bits per heavy atom. The van der Waals surface area contributed by atoms with Gasteiger partial charge in [-0.2, -0.15) is 5.10 Å². The number of aromatic nitrogens is 4. The third kappa shape index (κ3) is 2.01. The maximum atomic E-state index is 5.71. The minimum absolute atomic E-state index is 0.512. The van der Waals surface area contributed by atoms with Crippen molar-refractivity contribution in [2.24, 2.45) is 0 Å². The van der Waals surface area contributed by atoms with Gasteiger partial charge in [0, 0.05) is 12.2 Å². The number of hydrogen-bond acceptors (Lipinski definition) is 4. The number of rotatable bonds is 3. The summed E-state index contributed by atoms with van der Waals surface area (Å²) in [4.78, 5) is 0. The second-order valence-electron chi connectivity index (χ2n) is 5.01. The molecule has 4 rings (SSSR count). The number of benzene rings is 1. The van der Waals surface area contributed by atoms with Gasteiger partial charge in [-0.05, 0) is 24.5 Å². The predicted octanol–water partition coefficient (Wildman–Crippen LogP) is 2.47. The third-order valence-electron chi connectivity index (χ3n) is 3.55. The zero-order valence-electron chi connectivity index (χ0n) is 11.0. The van der Waals surface area contributed by atoms with Gasteiger partial charge in [-0.15, -0.1) is 10.2 Å². The van der Waals surface area contributed by atoms with Crippen LogP contribution in [0.5, 0.6) is 0 Å². The lowest BCUT2D eigenvalue weighted by Gasteiger charge is -1.94.